The molecule has 0 unspecified atom stereocenters. The van der Waals surface area contributed by atoms with Gasteiger partial charge in [0, 0.05) is 12.5 Å². The smallest absolute Gasteiger partial charge is 0.407 e. The van der Waals surface area contributed by atoms with E-state index in [1.165, 1.54) is 0 Å². The Balaban J connectivity index is 1.45. The van der Waals surface area contributed by atoms with Crippen LogP contribution < -0.4 is 10.6 Å². The van der Waals surface area contributed by atoms with E-state index in [0.29, 0.717) is 0 Å². The van der Waals surface area contributed by atoms with Gasteiger partial charge in [0.2, 0.25) is 11.8 Å². The van der Waals surface area contributed by atoms with Crippen LogP contribution in [0.2, 0.25) is 0 Å². The van der Waals surface area contributed by atoms with E-state index in [1.54, 1.807) is 0 Å². The van der Waals surface area contributed by atoms with E-state index in [9.17, 15) is 19.2 Å². The van der Waals surface area contributed by atoms with Crippen LogP contribution in [0.1, 0.15) is 17.0 Å². The largest absolute Gasteiger partial charge is 0.480 e. The fourth-order valence-corrected chi connectivity index (χ4v) is 3.73. The maximum atomic E-state index is 12.1. The number of amides is 3. The molecule has 0 fully saturated rings. The molecule has 4 N–H and O–H groups in total. The molecule has 0 saturated heterocycles. The molecule has 0 saturated carbocycles. The molecule has 3 rings (SSSR count). The summed E-state index contributed by atoms with van der Waals surface area (Å²) < 4.78 is 5.33. The van der Waals surface area contributed by atoms with Crippen molar-refractivity contribution in [3.8, 4) is 11.1 Å². The molecule has 1 aliphatic carbocycles. The molecule has 0 atom stereocenters. The molecular weight excluding hydrogens is 430 g/mol. The number of fused-ring (bicyclic) bond motifs is 3. The molecule has 0 radical (unpaired) electrons. The number of nitrogens with zero attached hydrogens (tertiary/aromatic N) is 1. The maximum Gasteiger partial charge on any atom is 0.407 e. The molecule has 10 heteroatoms. The number of aliphatic hydroxyl groups is 1. The quantitative estimate of drug-likeness (QED) is 0.409. The summed E-state index contributed by atoms with van der Waals surface area (Å²) in [6.45, 7) is -1.94. The zero-order valence-corrected chi connectivity index (χ0v) is 17.8. The number of nitrogens with one attached hydrogen (secondary N) is 2. The number of carboxylic acids is 1. The van der Waals surface area contributed by atoms with Crippen LogP contribution in [-0.4, -0.2) is 78.4 Å². The van der Waals surface area contributed by atoms with E-state index in [1.807, 2.05) is 48.5 Å². The van der Waals surface area contributed by atoms with Crippen LogP contribution in [0.3, 0.4) is 0 Å². The van der Waals surface area contributed by atoms with Crippen molar-refractivity contribution >= 4 is 23.9 Å². The van der Waals surface area contributed by atoms with Crippen LogP contribution in [0, 0.1) is 0 Å². The number of hydrogen-bond acceptors (Lipinski definition) is 6. The van der Waals surface area contributed by atoms with Crippen molar-refractivity contribution in [2.45, 2.75) is 5.92 Å². The number of carbonyl (C=O) groups excluding carboxylic acids is 3. The molecule has 0 aromatic heterocycles. The number of alkyl carbamates (subject to hydrolysis) is 1. The van der Waals surface area contributed by atoms with E-state index in [0.717, 1.165) is 27.2 Å². The SMILES string of the molecule is O=C(O)CN(CCO)C(=O)CNC(=O)CNC(=O)OCC1c2ccccc2-c2ccccc21. The van der Waals surface area contributed by atoms with Gasteiger partial charge in [0.1, 0.15) is 19.7 Å². The van der Waals surface area contributed by atoms with Crippen molar-refractivity contribution in [1.29, 1.82) is 0 Å². The highest BCUT2D eigenvalue weighted by molar-refractivity contribution is 5.88. The molecule has 0 spiro atoms. The minimum atomic E-state index is -1.24. The van der Waals surface area contributed by atoms with Crippen molar-refractivity contribution in [1.82, 2.24) is 15.5 Å². The first-order valence-electron chi connectivity index (χ1n) is 10.4. The molecule has 10 nitrogen and oxygen atoms in total. The summed E-state index contributed by atoms with van der Waals surface area (Å²) in [5.41, 5.74) is 4.33. The molecule has 0 aliphatic heterocycles. The number of carbonyl (C=O) groups is 4. The average molecular weight is 455 g/mol. The Bertz CT molecular complexity index is 995. The first kappa shape index (κ1) is 23.7. The van der Waals surface area contributed by atoms with Gasteiger partial charge in [-0.05, 0) is 22.3 Å². The summed E-state index contributed by atoms with van der Waals surface area (Å²) in [5.74, 6) is -2.65. The Morgan fingerprint density at radius 2 is 1.52 bits per heavy atom. The summed E-state index contributed by atoms with van der Waals surface area (Å²) >= 11 is 0. The van der Waals surface area contributed by atoms with Gasteiger partial charge in [-0.3, -0.25) is 14.4 Å². The highest BCUT2D eigenvalue weighted by Gasteiger charge is 2.29. The van der Waals surface area contributed by atoms with Gasteiger partial charge >= 0.3 is 12.1 Å². The van der Waals surface area contributed by atoms with Gasteiger partial charge in [-0.15, -0.1) is 0 Å². The van der Waals surface area contributed by atoms with Crippen molar-refractivity contribution in [3.05, 3.63) is 59.7 Å². The lowest BCUT2D eigenvalue weighted by molar-refractivity contribution is -0.144. The number of aliphatic hydroxyl groups excluding tert-OH is 1. The predicted octanol–water partition coefficient (Wildman–Crippen LogP) is 0.547. The number of rotatable bonds is 10. The van der Waals surface area contributed by atoms with Crippen molar-refractivity contribution in [3.63, 3.8) is 0 Å². The molecule has 1 aliphatic rings. The van der Waals surface area contributed by atoms with E-state index in [-0.39, 0.29) is 19.1 Å². The van der Waals surface area contributed by atoms with Crippen LogP contribution in [0.5, 0.6) is 0 Å². The Labute approximate surface area is 190 Å². The maximum absolute atomic E-state index is 12.1. The highest BCUT2D eigenvalue weighted by Crippen LogP contribution is 2.44. The van der Waals surface area contributed by atoms with Crippen LogP contribution in [0.15, 0.2) is 48.5 Å². The van der Waals surface area contributed by atoms with Gasteiger partial charge in [0.15, 0.2) is 0 Å². The number of ether oxygens (including phenoxy) is 1. The van der Waals surface area contributed by atoms with Crippen molar-refractivity contribution in [2.24, 2.45) is 0 Å². The van der Waals surface area contributed by atoms with Gasteiger partial charge in [0.05, 0.1) is 13.2 Å². The summed E-state index contributed by atoms with van der Waals surface area (Å²) in [5, 5.41) is 22.3. The monoisotopic (exact) mass is 455 g/mol. The molecular formula is C23H25N3O7. The standard InChI is InChI=1S/C23H25N3O7/c27-10-9-26(13-22(30)31)21(29)12-24-20(28)11-25-23(32)33-14-19-17-7-3-1-5-15(17)16-6-2-4-8-18(16)19/h1-8,19,27H,9-14H2,(H,24,28)(H,25,32)(H,30,31). The van der Waals surface area contributed by atoms with Gasteiger partial charge in [-0.25, -0.2) is 4.79 Å². The minimum Gasteiger partial charge on any atom is -0.480 e. The lowest BCUT2D eigenvalue weighted by Gasteiger charge is -2.19. The van der Waals surface area contributed by atoms with E-state index < -0.39 is 50.1 Å². The zero-order chi connectivity index (χ0) is 23.8. The van der Waals surface area contributed by atoms with Gasteiger partial charge < -0.3 is 30.5 Å². The third kappa shape index (κ3) is 6.07. The van der Waals surface area contributed by atoms with Gasteiger partial charge in [-0.2, -0.15) is 0 Å². The number of hydrogen-bond donors (Lipinski definition) is 4. The van der Waals surface area contributed by atoms with E-state index in [4.69, 9.17) is 14.9 Å². The summed E-state index contributed by atoms with van der Waals surface area (Å²) in [6.07, 6.45) is -0.772. The van der Waals surface area contributed by atoms with E-state index in [2.05, 4.69) is 10.6 Å². The Morgan fingerprint density at radius 3 is 2.09 bits per heavy atom. The Hall–Kier alpha value is -3.92. The lowest BCUT2D eigenvalue weighted by atomic mass is 9.98. The second kappa shape index (κ2) is 11.1. The topological polar surface area (TPSA) is 145 Å². The molecule has 2 aromatic rings. The average Bonchev–Trinajstić information content (AvgIpc) is 3.13. The van der Waals surface area contributed by atoms with E-state index >= 15 is 0 Å². The summed E-state index contributed by atoms with van der Waals surface area (Å²) in [6, 6.07) is 15.8. The fourth-order valence-electron chi connectivity index (χ4n) is 3.73. The van der Waals surface area contributed by atoms with Crippen molar-refractivity contribution < 1.29 is 34.1 Å². The fraction of sp³-hybridized carbons (Fsp3) is 0.304. The Kier molecular flexibility index (Phi) is 7.98. The zero-order valence-electron chi connectivity index (χ0n) is 17.8. The number of benzene rings is 2. The molecule has 174 valence electrons. The van der Waals surface area contributed by atoms with Crippen LogP contribution >= 0.6 is 0 Å². The molecule has 3 amide bonds. The highest BCUT2D eigenvalue weighted by atomic mass is 16.5. The third-order valence-corrected chi connectivity index (χ3v) is 5.22. The molecule has 33 heavy (non-hydrogen) atoms. The second-order valence-corrected chi connectivity index (χ2v) is 7.39. The van der Waals surface area contributed by atoms with Crippen LogP contribution in [0.4, 0.5) is 4.79 Å². The molecule has 0 bridgehead atoms. The van der Waals surface area contributed by atoms with Crippen LogP contribution in [-0.2, 0) is 19.1 Å². The lowest BCUT2D eigenvalue weighted by Crippen LogP contribution is -2.45. The second-order valence-electron chi connectivity index (χ2n) is 7.39. The minimum absolute atomic E-state index is 0.102. The first-order chi connectivity index (χ1) is 15.9. The van der Waals surface area contributed by atoms with Gasteiger partial charge in [-0.1, -0.05) is 48.5 Å². The predicted molar refractivity (Wildman–Crippen MR) is 117 cm³/mol. The first-order valence-corrected chi connectivity index (χ1v) is 10.4. The van der Waals surface area contributed by atoms with Gasteiger partial charge in [0.25, 0.3) is 0 Å². The number of carboxylic acid groups (broad SMARTS) is 1. The van der Waals surface area contributed by atoms with Crippen LogP contribution in [0.25, 0.3) is 11.1 Å². The third-order valence-electron chi connectivity index (χ3n) is 5.22. The molecule has 2 aromatic carbocycles. The summed E-state index contributed by atoms with van der Waals surface area (Å²) in [7, 11) is 0. The normalized spacial score (nSPS) is 11.8. The summed E-state index contributed by atoms with van der Waals surface area (Å²) in [4.78, 5) is 47.7. The van der Waals surface area contributed by atoms with Crippen molar-refractivity contribution in [2.75, 3.05) is 39.4 Å². The Morgan fingerprint density at radius 1 is 0.909 bits per heavy atom. The molecule has 0 heterocycles. The number of aliphatic carboxylic acids is 1.